The molecule has 1 aliphatic heterocycles. The zero-order chi connectivity index (χ0) is 16.5. The molecule has 6 heteroatoms. The Kier molecular flexibility index (Phi) is 3.82. The lowest BCUT2D eigenvalue weighted by Gasteiger charge is -2.32. The highest BCUT2D eigenvalue weighted by atomic mass is 32.1. The Bertz CT molecular complexity index is 855. The molecule has 1 unspecified atom stereocenters. The molecule has 0 radical (unpaired) electrons. The average molecular weight is 339 g/mol. The van der Waals surface area contributed by atoms with E-state index in [2.05, 4.69) is 10.3 Å². The first-order chi connectivity index (χ1) is 11.7. The van der Waals surface area contributed by atoms with Crippen LogP contribution in [0.5, 0.6) is 0 Å². The van der Waals surface area contributed by atoms with Gasteiger partial charge in [-0.2, -0.15) is 0 Å². The molecule has 0 spiro atoms. The topological polar surface area (TPSA) is 65.2 Å². The second kappa shape index (κ2) is 6.13. The molecular formula is C18H17N3O2S. The van der Waals surface area contributed by atoms with Gasteiger partial charge in [-0.05, 0) is 42.5 Å². The third-order valence-corrected chi connectivity index (χ3v) is 5.16. The van der Waals surface area contributed by atoms with E-state index in [0.717, 1.165) is 22.3 Å². The Morgan fingerprint density at radius 1 is 1.25 bits per heavy atom. The van der Waals surface area contributed by atoms with Crippen LogP contribution in [-0.4, -0.2) is 29.4 Å². The molecule has 0 bridgehead atoms. The third-order valence-electron chi connectivity index (χ3n) is 4.30. The van der Waals surface area contributed by atoms with Crippen LogP contribution in [-0.2, 0) is 4.79 Å². The highest BCUT2D eigenvalue weighted by Gasteiger charge is 2.31. The Morgan fingerprint density at radius 2 is 2.08 bits per heavy atom. The Morgan fingerprint density at radius 3 is 2.88 bits per heavy atom. The van der Waals surface area contributed by atoms with Gasteiger partial charge in [-0.15, -0.1) is 11.3 Å². The van der Waals surface area contributed by atoms with Gasteiger partial charge in [0.1, 0.15) is 11.7 Å². The summed E-state index contributed by atoms with van der Waals surface area (Å²) < 4.78 is 1.04. The highest BCUT2D eigenvalue weighted by molar-refractivity contribution is 7.17. The molecule has 3 heterocycles. The summed E-state index contributed by atoms with van der Waals surface area (Å²) >= 11 is 1.58. The van der Waals surface area contributed by atoms with Crippen molar-refractivity contribution in [1.29, 1.82) is 0 Å². The van der Waals surface area contributed by atoms with Gasteiger partial charge in [0.05, 0.1) is 10.2 Å². The molecule has 1 aromatic carbocycles. The van der Waals surface area contributed by atoms with E-state index in [4.69, 9.17) is 0 Å². The van der Waals surface area contributed by atoms with Crippen molar-refractivity contribution in [2.45, 2.75) is 18.9 Å². The van der Waals surface area contributed by atoms with Crippen LogP contribution in [0.2, 0.25) is 0 Å². The molecule has 1 aliphatic rings. The molecule has 0 saturated carbocycles. The average Bonchev–Trinajstić information content (AvgIpc) is 3.19. The highest BCUT2D eigenvalue weighted by Crippen LogP contribution is 2.23. The SMILES string of the molecule is O=C(NC1CCCN(c2ccccc2)C1=O)c1cc2sccc2[nH]1. The van der Waals surface area contributed by atoms with Crippen molar-refractivity contribution in [3.63, 3.8) is 0 Å². The van der Waals surface area contributed by atoms with E-state index < -0.39 is 6.04 Å². The number of carbonyl (C=O) groups is 2. The summed E-state index contributed by atoms with van der Waals surface area (Å²) in [6.45, 7) is 0.688. The minimum Gasteiger partial charge on any atom is -0.350 e. The van der Waals surface area contributed by atoms with Crippen LogP contribution in [0.3, 0.4) is 0 Å². The van der Waals surface area contributed by atoms with Crippen LogP contribution >= 0.6 is 11.3 Å². The Hall–Kier alpha value is -2.60. The molecular weight excluding hydrogens is 322 g/mol. The third kappa shape index (κ3) is 2.69. The van der Waals surface area contributed by atoms with E-state index in [-0.39, 0.29) is 11.8 Å². The molecule has 0 aliphatic carbocycles. The first kappa shape index (κ1) is 15.0. The van der Waals surface area contributed by atoms with Gasteiger partial charge in [-0.1, -0.05) is 18.2 Å². The fourth-order valence-corrected chi connectivity index (χ4v) is 3.86. The normalized spacial score (nSPS) is 18.1. The van der Waals surface area contributed by atoms with Gasteiger partial charge in [0.2, 0.25) is 5.91 Å². The summed E-state index contributed by atoms with van der Waals surface area (Å²) in [6.07, 6.45) is 1.54. The molecule has 1 atom stereocenters. The smallest absolute Gasteiger partial charge is 0.268 e. The van der Waals surface area contributed by atoms with Crippen LogP contribution < -0.4 is 10.2 Å². The number of nitrogens with one attached hydrogen (secondary N) is 2. The molecule has 3 aromatic rings. The number of aromatic amines is 1. The molecule has 1 saturated heterocycles. The van der Waals surface area contributed by atoms with Gasteiger partial charge in [0, 0.05) is 12.2 Å². The zero-order valence-corrected chi connectivity index (χ0v) is 13.8. The lowest BCUT2D eigenvalue weighted by atomic mass is 10.0. The van der Waals surface area contributed by atoms with E-state index in [1.54, 1.807) is 16.2 Å². The lowest BCUT2D eigenvalue weighted by molar-refractivity contribution is -0.121. The molecule has 2 N–H and O–H groups in total. The minimum absolute atomic E-state index is 0.0471. The van der Waals surface area contributed by atoms with Crippen LogP contribution in [0.25, 0.3) is 10.2 Å². The fraction of sp³-hybridized carbons (Fsp3) is 0.222. The van der Waals surface area contributed by atoms with Crippen molar-refractivity contribution < 1.29 is 9.59 Å². The van der Waals surface area contributed by atoms with Gasteiger partial charge < -0.3 is 15.2 Å². The van der Waals surface area contributed by atoms with Gasteiger partial charge in [-0.25, -0.2) is 0 Å². The number of hydrogen-bond donors (Lipinski definition) is 2. The van der Waals surface area contributed by atoms with Crippen molar-refractivity contribution in [2.24, 2.45) is 0 Å². The van der Waals surface area contributed by atoms with Gasteiger partial charge >= 0.3 is 0 Å². The zero-order valence-electron chi connectivity index (χ0n) is 13.0. The molecule has 5 nitrogen and oxygen atoms in total. The van der Waals surface area contributed by atoms with E-state index in [9.17, 15) is 9.59 Å². The minimum atomic E-state index is -0.479. The Balaban J connectivity index is 1.50. The van der Waals surface area contributed by atoms with Crippen molar-refractivity contribution in [3.05, 3.63) is 53.5 Å². The van der Waals surface area contributed by atoms with Crippen molar-refractivity contribution in [2.75, 3.05) is 11.4 Å². The summed E-state index contributed by atoms with van der Waals surface area (Å²) in [5, 5.41) is 4.86. The predicted octanol–water partition coefficient (Wildman–Crippen LogP) is 3.15. The second-order valence-electron chi connectivity index (χ2n) is 5.88. The molecule has 1 fully saturated rings. The van der Waals surface area contributed by atoms with E-state index in [1.165, 1.54) is 0 Å². The molecule has 2 amide bonds. The maximum Gasteiger partial charge on any atom is 0.268 e. The first-order valence-electron chi connectivity index (χ1n) is 7.96. The standard InChI is InChI=1S/C18H17N3O2S/c22-17(15-11-16-13(19-15)8-10-24-16)20-14-7-4-9-21(18(14)23)12-5-2-1-3-6-12/h1-3,5-6,8,10-11,14,19H,4,7,9H2,(H,20,22). The Labute approximate surface area is 143 Å². The number of carbonyl (C=O) groups excluding carboxylic acids is 2. The number of H-pyrrole nitrogens is 1. The van der Waals surface area contributed by atoms with Crippen LogP contribution in [0, 0.1) is 0 Å². The molecule has 24 heavy (non-hydrogen) atoms. The van der Waals surface area contributed by atoms with Crippen molar-refractivity contribution >= 4 is 39.1 Å². The number of thiophene rings is 1. The number of hydrogen-bond acceptors (Lipinski definition) is 3. The number of para-hydroxylation sites is 1. The van der Waals surface area contributed by atoms with E-state index >= 15 is 0 Å². The summed E-state index contributed by atoms with van der Waals surface area (Å²) in [4.78, 5) is 30.0. The molecule has 2 aromatic heterocycles. The van der Waals surface area contributed by atoms with E-state index in [1.807, 2.05) is 47.8 Å². The second-order valence-corrected chi connectivity index (χ2v) is 6.82. The van der Waals surface area contributed by atoms with Crippen LogP contribution in [0.1, 0.15) is 23.3 Å². The largest absolute Gasteiger partial charge is 0.350 e. The molecule has 122 valence electrons. The first-order valence-corrected chi connectivity index (χ1v) is 8.84. The summed E-state index contributed by atoms with van der Waals surface area (Å²) in [6, 6.07) is 12.9. The summed E-state index contributed by atoms with van der Waals surface area (Å²) in [5.41, 5.74) is 2.33. The quantitative estimate of drug-likeness (QED) is 0.770. The predicted molar refractivity (Wildman–Crippen MR) is 95.5 cm³/mol. The number of nitrogens with zero attached hydrogens (tertiary/aromatic N) is 1. The fourth-order valence-electron chi connectivity index (χ4n) is 3.08. The van der Waals surface area contributed by atoms with Gasteiger partial charge in [0.15, 0.2) is 0 Å². The summed E-state index contributed by atoms with van der Waals surface area (Å²) in [5.74, 6) is -0.277. The number of anilines is 1. The van der Waals surface area contributed by atoms with Crippen LogP contribution in [0.15, 0.2) is 47.8 Å². The monoisotopic (exact) mass is 339 g/mol. The van der Waals surface area contributed by atoms with E-state index in [0.29, 0.717) is 18.7 Å². The number of rotatable bonds is 3. The maximum absolute atomic E-state index is 12.7. The lowest BCUT2D eigenvalue weighted by Crippen LogP contribution is -2.52. The number of benzene rings is 1. The van der Waals surface area contributed by atoms with Crippen molar-refractivity contribution in [1.82, 2.24) is 10.3 Å². The van der Waals surface area contributed by atoms with Crippen LogP contribution in [0.4, 0.5) is 5.69 Å². The maximum atomic E-state index is 12.7. The number of amides is 2. The van der Waals surface area contributed by atoms with Crippen molar-refractivity contribution in [3.8, 4) is 0 Å². The summed E-state index contributed by atoms with van der Waals surface area (Å²) in [7, 11) is 0. The molecule has 4 rings (SSSR count). The van der Waals surface area contributed by atoms with Gasteiger partial charge in [-0.3, -0.25) is 9.59 Å². The van der Waals surface area contributed by atoms with Gasteiger partial charge in [0.25, 0.3) is 5.91 Å². The number of aromatic nitrogens is 1. The number of fused-ring (bicyclic) bond motifs is 1. The number of piperidine rings is 1.